The summed E-state index contributed by atoms with van der Waals surface area (Å²) in [6.07, 6.45) is 1.76. The van der Waals surface area contributed by atoms with Crippen molar-refractivity contribution in [1.29, 1.82) is 0 Å². The number of carbonyl (C=O) groups excluding carboxylic acids is 1. The third kappa shape index (κ3) is 2.88. The Bertz CT molecular complexity index is 676. The highest BCUT2D eigenvalue weighted by Crippen LogP contribution is 2.29. The molecule has 2 aromatic rings. The van der Waals surface area contributed by atoms with Gasteiger partial charge in [0.05, 0.1) is 10.8 Å². The summed E-state index contributed by atoms with van der Waals surface area (Å²) in [7, 11) is 1.64. The van der Waals surface area contributed by atoms with Gasteiger partial charge in [-0.25, -0.2) is 9.97 Å². The van der Waals surface area contributed by atoms with Gasteiger partial charge in [-0.15, -0.1) is 11.6 Å². The van der Waals surface area contributed by atoms with Crippen LogP contribution in [0.15, 0.2) is 12.3 Å². The molecular formula is C15H21ClN4O. The predicted octanol–water partition coefficient (Wildman–Crippen LogP) is 2.81. The number of hydrogen-bond donors (Lipinski definition) is 1. The van der Waals surface area contributed by atoms with Gasteiger partial charge in [-0.2, -0.15) is 0 Å². The van der Waals surface area contributed by atoms with Gasteiger partial charge in [0.25, 0.3) is 0 Å². The van der Waals surface area contributed by atoms with E-state index in [-0.39, 0.29) is 11.3 Å². The molecule has 0 saturated carbocycles. The molecule has 0 spiro atoms. The SMILES string of the molecule is CNC(=O)C(C)(C)Cn1c(C(C)Cl)nc2c(C)ccnc21. The number of imidazole rings is 1. The van der Waals surface area contributed by atoms with Crippen molar-refractivity contribution in [1.82, 2.24) is 19.9 Å². The summed E-state index contributed by atoms with van der Waals surface area (Å²) in [6, 6.07) is 1.92. The van der Waals surface area contributed by atoms with Gasteiger partial charge >= 0.3 is 0 Å². The minimum atomic E-state index is -0.575. The van der Waals surface area contributed by atoms with E-state index in [4.69, 9.17) is 11.6 Å². The first-order chi connectivity index (χ1) is 9.77. The van der Waals surface area contributed by atoms with Crippen LogP contribution in [0.5, 0.6) is 0 Å². The molecule has 114 valence electrons. The number of alkyl halides is 1. The van der Waals surface area contributed by atoms with E-state index in [0.717, 1.165) is 22.6 Å². The Morgan fingerprint density at radius 2 is 2.19 bits per heavy atom. The largest absolute Gasteiger partial charge is 0.359 e. The van der Waals surface area contributed by atoms with Crippen LogP contribution in [0.2, 0.25) is 0 Å². The highest BCUT2D eigenvalue weighted by Gasteiger charge is 2.30. The van der Waals surface area contributed by atoms with Crippen LogP contribution in [0.3, 0.4) is 0 Å². The van der Waals surface area contributed by atoms with E-state index >= 15 is 0 Å². The van der Waals surface area contributed by atoms with Crippen LogP contribution in [0.25, 0.3) is 11.2 Å². The number of amides is 1. The van der Waals surface area contributed by atoms with Gasteiger partial charge in [0, 0.05) is 19.8 Å². The number of aryl methyl sites for hydroxylation is 1. The molecule has 2 aromatic heterocycles. The van der Waals surface area contributed by atoms with E-state index in [1.807, 2.05) is 38.3 Å². The second kappa shape index (κ2) is 5.64. The molecule has 0 bridgehead atoms. The molecule has 21 heavy (non-hydrogen) atoms. The summed E-state index contributed by atoms with van der Waals surface area (Å²) in [6.45, 7) is 8.15. The topological polar surface area (TPSA) is 59.8 Å². The Hall–Kier alpha value is -1.62. The molecule has 5 nitrogen and oxygen atoms in total. The third-order valence-electron chi connectivity index (χ3n) is 3.62. The van der Waals surface area contributed by atoms with Gasteiger partial charge in [0.15, 0.2) is 5.65 Å². The molecule has 2 rings (SSSR count). The second-order valence-electron chi connectivity index (χ2n) is 5.94. The van der Waals surface area contributed by atoms with Crippen molar-refractivity contribution in [3.8, 4) is 0 Å². The monoisotopic (exact) mass is 308 g/mol. The van der Waals surface area contributed by atoms with Crippen LogP contribution in [-0.2, 0) is 11.3 Å². The predicted molar refractivity (Wildman–Crippen MR) is 84.4 cm³/mol. The fourth-order valence-corrected chi connectivity index (χ4v) is 2.59. The lowest BCUT2D eigenvalue weighted by atomic mass is 9.92. The zero-order valence-electron chi connectivity index (χ0n) is 13.1. The van der Waals surface area contributed by atoms with Gasteiger partial charge in [0.1, 0.15) is 11.3 Å². The molecular weight excluding hydrogens is 288 g/mol. The molecule has 1 unspecified atom stereocenters. The number of fused-ring (bicyclic) bond motifs is 1. The van der Waals surface area contributed by atoms with Gasteiger partial charge in [-0.1, -0.05) is 0 Å². The van der Waals surface area contributed by atoms with E-state index in [0.29, 0.717) is 6.54 Å². The van der Waals surface area contributed by atoms with Crippen molar-refractivity contribution in [2.75, 3.05) is 7.05 Å². The number of nitrogens with zero attached hydrogens (tertiary/aromatic N) is 3. The number of halogens is 1. The van der Waals surface area contributed by atoms with Crippen LogP contribution in [0, 0.1) is 12.3 Å². The van der Waals surface area contributed by atoms with Crippen LogP contribution in [0.4, 0.5) is 0 Å². The molecule has 2 heterocycles. The quantitative estimate of drug-likeness (QED) is 0.884. The lowest BCUT2D eigenvalue weighted by Gasteiger charge is -2.24. The Labute approximate surface area is 129 Å². The van der Waals surface area contributed by atoms with Crippen molar-refractivity contribution in [3.63, 3.8) is 0 Å². The fourth-order valence-electron chi connectivity index (χ4n) is 2.42. The molecule has 1 amide bonds. The molecule has 0 fully saturated rings. The second-order valence-corrected chi connectivity index (χ2v) is 6.59. The van der Waals surface area contributed by atoms with Gasteiger partial charge in [-0.05, 0) is 39.3 Å². The normalized spacial score (nSPS) is 13.4. The summed E-state index contributed by atoms with van der Waals surface area (Å²) in [4.78, 5) is 21.1. The first kappa shape index (κ1) is 15.8. The van der Waals surface area contributed by atoms with Crippen molar-refractivity contribution in [2.24, 2.45) is 5.41 Å². The van der Waals surface area contributed by atoms with Crippen molar-refractivity contribution >= 4 is 28.7 Å². The first-order valence-electron chi connectivity index (χ1n) is 6.96. The number of rotatable bonds is 4. The Morgan fingerprint density at radius 1 is 1.52 bits per heavy atom. The highest BCUT2D eigenvalue weighted by atomic mass is 35.5. The van der Waals surface area contributed by atoms with Gasteiger partial charge in [0.2, 0.25) is 5.91 Å². The number of nitrogens with one attached hydrogen (secondary N) is 1. The number of pyridine rings is 1. The maximum atomic E-state index is 12.0. The van der Waals surface area contributed by atoms with Crippen molar-refractivity contribution in [2.45, 2.75) is 39.6 Å². The summed E-state index contributed by atoms with van der Waals surface area (Å²) < 4.78 is 1.95. The fraction of sp³-hybridized carbons (Fsp3) is 0.533. The van der Waals surface area contributed by atoms with E-state index in [9.17, 15) is 4.79 Å². The summed E-state index contributed by atoms with van der Waals surface area (Å²) >= 11 is 6.26. The maximum Gasteiger partial charge on any atom is 0.227 e. The highest BCUT2D eigenvalue weighted by molar-refractivity contribution is 6.20. The van der Waals surface area contributed by atoms with Gasteiger partial charge in [-0.3, -0.25) is 4.79 Å². The minimum Gasteiger partial charge on any atom is -0.359 e. The van der Waals surface area contributed by atoms with Crippen molar-refractivity contribution < 1.29 is 4.79 Å². The van der Waals surface area contributed by atoms with Crippen LogP contribution in [0.1, 0.15) is 37.5 Å². The van der Waals surface area contributed by atoms with E-state index in [1.54, 1.807) is 13.2 Å². The molecule has 0 aliphatic heterocycles. The molecule has 0 aliphatic rings. The molecule has 6 heteroatoms. The van der Waals surface area contributed by atoms with E-state index in [1.165, 1.54) is 0 Å². The Kier molecular flexibility index (Phi) is 4.23. The lowest BCUT2D eigenvalue weighted by molar-refractivity contribution is -0.129. The van der Waals surface area contributed by atoms with Crippen molar-refractivity contribution in [3.05, 3.63) is 23.7 Å². The Morgan fingerprint density at radius 3 is 2.76 bits per heavy atom. The first-order valence-corrected chi connectivity index (χ1v) is 7.39. The van der Waals surface area contributed by atoms with Crippen LogP contribution in [-0.4, -0.2) is 27.5 Å². The zero-order valence-corrected chi connectivity index (χ0v) is 13.8. The third-order valence-corrected chi connectivity index (χ3v) is 3.81. The smallest absolute Gasteiger partial charge is 0.227 e. The van der Waals surface area contributed by atoms with E-state index < -0.39 is 5.41 Å². The number of hydrogen-bond acceptors (Lipinski definition) is 3. The molecule has 1 N–H and O–H groups in total. The average Bonchev–Trinajstić information content (AvgIpc) is 2.78. The molecule has 0 radical (unpaired) electrons. The molecule has 0 aromatic carbocycles. The number of carbonyl (C=O) groups is 1. The Balaban J connectivity index is 2.59. The van der Waals surface area contributed by atoms with Gasteiger partial charge < -0.3 is 9.88 Å². The number of aromatic nitrogens is 3. The molecule has 0 saturated heterocycles. The maximum absolute atomic E-state index is 12.0. The van der Waals surface area contributed by atoms with Crippen LogP contribution >= 0.6 is 11.6 Å². The lowest BCUT2D eigenvalue weighted by Crippen LogP contribution is -2.38. The zero-order chi connectivity index (χ0) is 15.8. The summed E-state index contributed by atoms with van der Waals surface area (Å²) in [5.74, 6) is 0.718. The average molecular weight is 309 g/mol. The summed E-state index contributed by atoms with van der Waals surface area (Å²) in [5, 5.41) is 2.45. The standard InChI is InChI=1S/C15H21ClN4O/c1-9-6-7-18-13-11(9)19-12(10(2)16)20(13)8-15(3,4)14(21)17-5/h6-7,10H,8H2,1-5H3,(H,17,21). The molecule has 0 aliphatic carbocycles. The van der Waals surface area contributed by atoms with E-state index in [2.05, 4.69) is 15.3 Å². The van der Waals surface area contributed by atoms with Crippen LogP contribution < -0.4 is 5.32 Å². The summed E-state index contributed by atoms with van der Waals surface area (Å²) in [5.41, 5.74) is 2.09. The molecule has 1 atom stereocenters. The minimum absolute atomic E-state index is 0.0230.